The van der Waals surface area contributed by atoms with Crippen LogP contribution in [0.2, 0.25) is 0 Å². The van der Waals surface area contributed by atoms with Gasteiger partial charge in [-0.2, -0.15) is 5.10 Å². The van der Waals surface area contributed by atoms with Gasteiger partial charge in [0.2, 0.25) is 0 Å². The van der Waals surface area contributed by atoms with Crippen molar-refractivity contribution in [2.45, 2.75) is 19.6 Å². The zero-order chi connectivity index (χ0) is 9.26. The second kappa shape index (κ2) is 3.67. The first kappa shape index (κ1) is 9.02. The maximum Gasteiger partial charge on any atom is 0.159 e. The highest BCUT2D eigenvalue weighted by Crippen LogP contribution is 2.28. The molecule has 1 aromatic heterocycles. The summed E-state index contributed by atoms with van der Waals surface area (Å²) in [5.41, 5.74) is 5.55. The average molecular weight is 246 g/mol. The minimum absolute atomic E-state index is 0.492. The zero-order valence-corrected chi connectivity index (χ0v) is 8.83. The van der Waals surface area contributed by atoms with Crippen LogP contribution in [0.25, 0.3) is 0 Å². The number of aromatic nitrogens is 2. The van der Waals surface area contributed by atoms with Gasteiger partial charge in [0, 0.05) is 6.20 Å². The van der Waals surface area contributed by atoms with Gasteiger partial charge in [-0.15, -0.1) is 0 Å². The van der Waals surface area contributed by atoms with Crippen LogP contribution in [-0.2, 0) is 11.5 Å². The lowest BCUT2D eigenvalue weighted by Gasteiger charge is -2.01. The van der Waals surface area contributed by atoms with Crippen molar-refractivity contribution in [1.82, 2.24) is 9.78 Å². The highest BCUT2D eigenvalue weighted by atomic mass is 79.9. The molecule has 2 rings (SSSR count). The molecule has 0 aliphatic heterocycles. The third-order valence-electron chi connectivity index (χ3n) is 2.02. The van der Waals surface area contributed by atoms with Crippen LogP contribution in [0.3, 0.4) is 0 Å². The molecule has 13 heavy (non-hydrogen) atoms. The molecule has 1 aliphatic rings. The van der Waals surface area contributed by atoms with E-state index in [1.807, 2.05) is 6.20 Å². The maximum absolute atomic E-state index is 5.55. The molecule has 1 heterocycles. The van der Waals surface area contributed by atoms with Crippen LogP contribution >= 0.6 is 15.9 Å². The molecule has 0 aromatic carbocycles. The average Bonchev–Trinajstić information content (AvgIpc) is 2.82. The van der Waals surface area contributed by atoms with Gasteiger partial charge in [-0.3, -0.25) is 0 Å². The Kier molecular flexibility index (Phi) is 2.55. The van der Waals surface area contributed by atoms with Crippen molar-refractivity contribution < 1.29 is 4.74 Å². The number of ether oxygens (including phenoxy) is 1. The summed E-state index contributed by atoms with van der Waals surface area (Å²) in [6.45, 7) is 1.34. The van der Waals surface area contributed by atoms with E-state index in [1.165, 1.54) is 12.8 Å². The third-order valence-corrected chi connectivity index (χ3v) is 2.63. The Balaban J connectivity index is 1.79. The van der Waals surface area contributed by atoms with Crippen LogP contribution in [-0.4, -0.2) is 16.4 Å². The zero-order valence-electron chi connectivity index (χ0n) is 7.24. The topological polar surface area (TPSA) is 53.1 Å². The van der Waals surface area contributed by atoms with Crippen molar-refractivity contribution >= 4 is 21.7 Å². The molecule has 0 amide bonds. The molecule has 1 aliphatic carbocycles. The second-order valence-electron chi connectivity index (χ2n) is 3.35. The van der Waals surface area contributed by atoms with E-state index in [9.17, 15) is 0 Å². The van der Waals surface area contributed by atoms with Gasteiger partial charge < -0.3 is 10.5 Å². The minimum atomic E-state index is 0.492. The number of halogens is 1. The van der Waals surface area contributed by atoms with E-state index in [1.54, 1.807) is 4.68 Å². The van der Waals surface area contributed by atoms with Crippen molar-refractivity contribution in [2.75, 3.05) is 12.3 Å². The summed E-state index contributed by atoms with van der Waals surface area (Å²) in [6, 6.07) is 0. The fourth-order valence-corrected chi connectivity index (χ4v) is 1.39. The Morgan fingerprint density at radius 3 is 3.00 bits per heavy atom. The van der Waals surface area contributed by atoms with Crippen LogP contribution in [0.1, 0.15) is 12.8 Å². The number of hydrogen-bond acceptors (Lipinski definition) is 3. The molecular formula is C8H12BrN3O. The van der Waals surface area contributed by atoms with Gasteiger partial charge in [0.1, 0.15) is 6.73 Å². The van der Waals surface area contributed by atoms with E-state index in [-0.39, 0.29) is 0 Å². The number of anilines is 1. The predicted octanol–water partition coefficient (Wildman–Crippen LogP) is 1.61. The van der Waals surface area contributed by atoms with E-state index >= 15 is 0 Å². The van der Waals surface area contributed by atoms with E-state index in [0.29, 0.717) is 12.5 Å². The van der Waals surface area contributed by atoms with Gasteiger partial charge in [0.05, 0.1) is 11.1 Å². The molecule has 1 aromatic rings. The Labute approximate surface area is 85.2 Å². The molecule has 0 saturated heterocycles. The SMILES string of the molecule is Nc1nn(COCC2CC2)cc1Br. The standard InChI is InChI=1S/C8H12BrN3O/c9-7-3-12(11-8(7)10)5-13-4-6-1-2-6/h3,6H,1-2,4-5H2,(H2,10,11). The molecule has 0 atom stereocenters. The molecule has 0 spiro atoms. The van der Waals surface area contributed by atoms with Gasteiger partial charge in [0.25, 0.3) is 0 Å². The largest absolute Gasteiger partial charge is 0.381 e. The summed E-state index contributed by atoms with van der Waals surface area (Å²) < 4.78 is 7.95. The molecule has 1 fully saturated rings. The molecule has 1 saturated carbocycles. The monoisotopic (exact) mass is 245 g/mol. The molecule has 2 N–H and O–H groups in total. The summed E-state index contributed by atoms with van der Waals surface area (Å²) in [6.07, 6.45) is 4.44. The lowest BCUT2D eigenvalue weighted by molar-refractivity contribution is 0.0613. The fraction of sp³-hybridized carbons (Fsp3) is 0.625. The van der Waals surface area contributed by atoms with Crippen LogP contribution in [0.5, 0.6) is 0 Å². The summed E-state index contributed by atoms with van der Waals surface area (Å²) >= 11 is 3.29. The Bertz CT molecular complexity index is 276. The minimum Gasteiger partial charge on any atom is -0.381 e. The molecular weight excluding hydrogens is 234 g/mol. The Morgan fingerprint density at radius 1 is 1.69 bits per heavy atom. The highest BCUT2D eigenvalue weighted by molar-refractivity contribution is 9.10. The first-order valence-electron chi connectivity index (χ1n) is 4.32. The lowest BCUT2D eigenvalue weighted by Crippen LogP contribution is -2.05. The normalized spacial score (nSPS) is 16.4. The van der Waals surface area contributed by atoms with Gasteiger partial charge in [0.15, 0.2) is 5.82 Å². The van der Waals surface area contributed by atoms with Crippen molar-refractivity contribution in [2.24, 2.45) is 5.92 Å². The van der Waals surface area contributed by atoms with E-state index in [4.69, 9.17) is 10.5 Å². The van der Waals surface area contributed by atoms with E-state index < -0.39 is 0 Å². The molecule has 5 heteroatoms. The highest BCUT2D eigenvalue weighted by Gasteiger charge is 2.21. The summed E-state index contributed by atoms with van der Waals surface area (Å²) in [4.78, 5) is 0. The van der Waals surface area contributed by atoms with Crippen molar-refractivity contribution in [1.29, 1.82) is 0 Å². The van der Waals surface area contributed by atoms with Crippen LogP contribution in [0, 0.1) is 5.92 Å². The van der Waals surface area contributed by atoms with Gasteiger partial charge in [-0.25, -0.2) is 4.68 Å². The summed E-state index contributed by atoms with van der Waals surface area (Å²) in [5.74, 6) is 1.30. The summed E-state index contributed by atoms with van der Waals surface area (Å²) in [5, 5.41) is 4.05. The molecule has 0 bridgehead atoms. The molecule has 0 radical (unpaired) electrons. The summed E-state index contributed by atoms with van der Waals surface area (Å²) in [7, 11) is 0. The molecule has 0 unspecified atom stereocenters. The van der Waals surface area contributed by atoms with Gasteiger partial charge >= 0.3 is 0 Å². The predicted molar refractivity (Wildman–Crippen MR) is 53.0 cm³/mol. The van der Waals surface area contributed by atoms with Gasteiger partial charge in [-0.1, -0.05) is 0 Å². The van der Waals surface area contributed by atoms with Crippen LogP contribution in [0.4, 0.5) is 5.82 Å². The Morgan fingerprint density at radius 2 is 2.46 bits per heavy atom. The van der Waals surface area contributed by atoms with E-state index in [0.717, 1.165) is 17.0 Å². The van der Waals surface area contributed by atoms with Gasteiger partial charge in [-0.05, 0) is 34.7 Å². The molecule has 4 nitrogen and oxygen atoms in total. The lowest BCUT2D eigenvalue weighted by atomic mass is 10.5. The van der Waals surface area contributed by atoms with Crippen molar-refractivity contribution in [3.63, 3.8) is 0 Å². The second-order valence-corrected chi connectivity index (χ2v) is 4.20. The number of rotatable bonds is 4. The molecule has 72 valence electrons. The number of nitrogens with two attached hydrogens (primary N) is 1. The van der Waals surface area contributed by atoms with Crippen molar-refractivity contribution in [3.8, 4) is 0 Å². The van der Waals surface area contributed by atoms with E-state index in [2.05, 4.69) is 21.0 Å². The first-order chi connectivity index (χ1) is 6.25. The Hall–Kier alpha value is -0.550. The number of hydrogen-bond donors (Lipinski definition) is 1. The third kappa shape index (κ3) is 2.45. The maximum atomic E-state index is 5.55. The quantitative estimate of drug-likeness (QED) is 0.878. The number of nitrogen functional groups attached to an aromatic ring is 1. The number of nitrogens with zero attached hydrogens (tertiary/aromatic N) is 2. The van der Waals surface area contributed by atoms with Crippen molar-refractivity contribution in [3.05, 3.63) is 10.7 Å². The van der Waals surface area contributed by atoms with Crippen LogP contribution < -0.4 is 5.73 Å². The first-order valence-corrected chi connectivity index (χ1v) is 5.11. The smallest absolute Gasteiger partial charge is 0.159 e. The fourth-order valence-electron chi connectivity index (χ4n) is 1.08. The van der Waals surface area contributed by atoms with Crippen LogP contribution in [0.15, 0.2) is 10.7 Å².